The molecule has 0 saturated heterocycles. The smallest absolute Gasteiger partial charge is 0.326 e. The van der Waals surface area contributed by atoms with E-state index in [9.17, 15) is 14.4 Å². The number of hydrogen-bond donors (Lipinski definition) is 2. The fraction of sp³-hybridized carbons (Fsp3) is 0.267. The minimum atomic E-state index is -1.12. The topological polar surface area (TPSA) is 96.6 Å². The highest BCUT2D eigenvalue weighted by atomic mass is 16.4. The lowest BCUT2D eigenvalue weighted by Gasteiger charge is -2.12. The highest BCUT2D eigenvalue weighted by Crippen LogP contribution is 2.12. The summed E-state index contributed by atoms with van der Waals surface area (Å²) in [6, 6.07) is 6.63. The molecule has 1 heterocycles. The maximum Gasteiger partial charge on any atom is 0.326 e. The van der Waals surface area contributed by atoms with Crippen LogP contribution in [0.2, 0.25) is 0 Å². The summed E-state index contributed by atoms with van der Waals surface area (Å²) in [6.45, 7) is 1.82. The first kappa shape index (κ1) is 14.8. The van der Waals surface area contributed by atoms with Gasteiger partial charge in [-0.05, 0) is 18.6 Å². The molecule has 2 N–H and O–H groups in total. The van der Waals surface area contributed by atoms with Crippen molar-refractivity contribution in [2.75, 3.05) is 0 Å². The molecule has 0 aliphatic heterocycles. The van der Waals surface area contributed by atoms with Gasteiger partial charge in [0, 0.05) is 6.07 Å². The number of carboxylic acids is 1. The first-order valence-corrected chi connectivity index (χ1v) is 6.59. The van der Waals surface area contributed by atoms with E-state index in [4.69, 9.17) is 9.52 Å². The Hall–Kier alpha value is -2.63. The van der Waals surface area contributed by atoms with Gasteiger partial charge in [-0.25, -0.2) is 4.79 Å². The average molecular weight is 289 g/mol. The van der Waals surface area contributed by atoms with Crippen LogP contribution in [0.25, 0.3) is 11.0 Å². The summed E-state index contributed by atoms with van der Waals surface area (Å²) in [5.41, 5.74) is -0.0538. The zero-order chi connectivity index (χ0) is 15.4. The van der Waals surface area contributed by atoms with Crippen molar-refractivity contribution < 1.29 is 19.1 Å². The van der Waals surface area contributed by atoms with Crippen molar-refractivity contribution in [2.45, 2.75) is 25.8 Å². The lowest BCUT2D eigenvalue weighted by Crippen LogP contribution is -2.40. The van der Waals surface area contributed by atoms with Gasteiger partial charge >= 0.3 is 5.97 Å². The van der Waals surface area contributed by atoms with E-state index in [2.05, 4.69) is 5.32 Å². The number of carbonyl (C=O) groups is 2. The van der Waals surface area contributed by atoms with E-state index in [1.807, 2.05) is 6.92 Å². The maximum absolute atomic E-state index is 12.0. The standard InChI is InChI=1S/C15H15NO5/c1-2-5-10(15(19)20)16-14(18)13-8-11(17)9-6-3-4-7-12(9)21-13/h3-4,6-8,10H,2,5H2,1H3,(H,16,18)(H,19,20). The number of para-hydroxylation sites is 1. The molecule has 0 spiro atoms. The molecule has 6 nitrogen and oxygen atoms in total. The van der Waals surface area contributed by atoms with Crippen molar-refractivity contribution in [2.24, 2.45) is 0 Å². The molecule has 21 heavy (non-hydrogen) atoms. The molecule has 110 valence electrons. The summed E-state index contributed by atoms with van der Waals surface area (Å²) in [4.78, 5) is 34.9. The molecule has 2 rings (SSSR count). The summed E-state index contributed by atoms with van der Waals surface area (Å²) in [5, 5.41) is 11.7. The van der Waals surface area contributed by atoms with Crippen molar-refractivity contribution in [1.82, 2.24) is 5.32 Å². The lowest BCUT2D eigenvalue weighted by molar-refractivity contribution is -0.139. The second-order valence-corrected chi connectivity index (χ2v) is 4.62. The number of rotatable bonds is 5. The summed E-state index contributed by atoms with van der Waals surface area (Å²) < 4.78 is 5.36. The number of nitrogens with one attached hydrogen (secondary N) is 1. The number of carbonyl (C=O) groups excluding carboxylic acids is 1. The SMILES string of the molecule is CCCC(NC(=O)c1cc(=O)c2ccccc2o1)C(=O)O. The van der Waals surface area contributed by atoms with Gasteiger partial charge in [-0.1, -0.05) is 25.5 Å². The van der Waals surface area contributed by atoms with Gasteiger partial charge in [-0.3, -0.25) is 9.59 Å². The van der Waals surface area contributed by atoms with E-state index in [1.54, 1.807) is 24.3 Å². The van der Waals surface area contributed by atoms with Gasteiger partial charge in [0.15, 0.2) is 11.2 Å². The van der Waals surface area contributed by atoms with E-state index in [0.717, 1.165) is 6.07 Å². The summed E-state index contributed by atoms with van der Waals surface area (Å²) in [7, 11) is 0. The highest BCUT2D eigenvalue weighted by molar-refractivity contribution is 5.95. The molecule has 6 heteroatoms. The number of aliphatic carboxylic acids is 1. The zero-order valence-electron chi connectivity index (χ0n) is 11.5. The summed E-state index contributed by atoms with van der Waals surface area (Å²) >= 11 is 0. The van der Waals surface area contributed by atoms with E-state index < -0.39 is 17.9 Å². The van der Waals surface area contributed by atoms with Gasteiger partial charge in [-0.2, -0.15) is 0 Å². The number of fused-ring (bicyclic) bond motifs is 1. The molecular weight excluding hydrogens is 274 g/mol. The zero-order valence-corrected chi connectivity index (χ0v) is 11.5. The third-order valence-corrected chi connectivity index (χ3v) is 3.04. The van der Waals surface area contributed by atoms with Crippen molar-refractivity contribution in [3.8, 4) is 0 Å². The van der Waals surface area contributed by atoms with Gasteiger partial charge in [0.05, 0.1) is 5.39 Å². The Bertz CT molecular complexity index is 734. The van der Waals surface area contributed by atoms with E-state index in [0.29, 0.717) is 18.2 Å². The van der Waals surface area contributed by atoms with Crippen molar-refractivity contribution in [1.29, 1.82) is 0 Å². The number of hydrogen-bond acceptors (Lipinski definition) is 4. The van der Waals surface area contributed by atoms with Crippen LogP contribution in [0.15, 0.2) is 39.5 Å². The Morgan fingerprint density at radius 2 is 2.05 bits per heavy atom. The third-order valence-electron chi connectivity index (χ3n) is 3.04. The van der Waals surface area contributed by atoms with Gasteiger partial charge in [0.25, 0.3) is 5.91 Å². The van der Waals surface area contributed by atoms with E-state index in [1.165, 1.54) is 0 Å². The second-order valence-electron chi connectivity index (χ2n) is 4.62. The van der Waals surface area contributed by atoms with Crippen LogP contribution >= 0.6 is 0 Å². The van der Waals surface area contributed by atoms with Crippen LogP contribution in [-0.4, -0.2) is 23.0 Å². The van der Waals surface area contributed by atoms with Crippen LogP contribution in [0.4, 0.5) is 0 Å². The Labute approximate surface area is 120 Å². The Kier molecular flexibility index (Phi) is 4.37. The second kappa shape index (κ2) is 6.21. The monoisotopic (exact) mass is 289 g/mol. The van der Waals surface area contributed by atoms with Gasteiger partial charge in [0.2, 0.25) is 0 Å². The predicted molar refractivity (Wildman–Crippen MR) is 76.3 cm³/mol. The van der Waals surface area contributed by atoms with Crippen molar-refractivity contribution in [3.05, 3.63) is 46.3 Å². The van der Waals surface area contributed by atoms with Crippen molar-refractivity contribution in [3.63, 3.8) is 0 Å². The molecule has 1 amide bonds. The number of amides is 1. The summed E-state index contributed by atoms with van der Waals surface area (Å²) in [5.74, 6) is -2.02. The third kappa shape index (κ3) is 3.28. The van der Waals surface area contributed by atoms with Crippen LogP contribution in [-0.2, 0) is 4.79 Å². The largest absolute Gasteiger partial charge is 0.480 e. The fourth-order valence-corrected chi connectivity index (χ4v) is 1.99. The molecule has 0 saturated carbocycles. The van der Waals surface area contributed by atoms with Gasteiger partial charge in [0.1, 0.15) is 11.6 Å². The predicted octanol–water partition coefficient (Wildman–Crippen LogP) is 1.78. The molecule has 1 aromatic heterocycles. The molecule has 1 atom stereocenters. The van der Waals surface area contributed by atoms with Crippen LogP contribution < -0.4 is 10.7 Å². The fourth-order valence-electron chi connectivity index (χ4n) is 1.99. The minimum Gasteiger partial charge on any atom is -0.480 e. The molecule has 1 aromatic carbocycles. The number of benzene rings is 1. The van der Waals surface area contributed by atoms with E-state index >= 15 is 0 Å². The van der Waals surface area contributed by atoms with Crippen molar-refractivity contribution >= 4 is 22.8 Å². The molecule has 1 unspecified atom stereocenters. The highest BCUT2D eigenvalue weighted by Gasteiger charge is 2.21. The Morgan fingerprint density at radius 1 is 1.33 bits per heavy atom. The Morgan fingerprint density at radius 3 is 2.71 bits per heavy atom. The Balaban J connectivity index is 2.31. The normalized spacial score (nSPS) is 12.0. The van der Waals surface area contributed by atoms with Gasteiger partial charge < -0.3 is 14.8 Å². The molecule has 0 aliphatic carbocycles. The summed E-state index contributed by atoms with van der Waals surface area (Å²) in [6.07, 6.45) is 0.914. The molecular formula is C15H15NO5. The molecule has 0 bridgehead atoms. The van der Waals surface area contributed by atoms with E-state index in [-0.39, 0.29) is 16.8 Å². The average Bonchev–Trinajstić information content (AvgIpc) is 2.46. The number of carboxylic acid groups (broad SMARTS) is 1. The minimum absolute atomic E-state index is 0.193. The van der Waals surface area contributed by atoms with Crippen LogP contribution in [0.1, 0.15) is 30.3 Å². The molecule has 0 radical (unpaired) electrons. The first-order chi connectivity index (χ1) is 10.0. The van der Waals surface area contributed by atoms with Crippen LogP contribution in [0.3, 0.4) is 0 Å². The molecule has 2 aromatic rings. The van der Waals surface area contributed by atoms with Crippen LogP contribution in [0.5, 0.6) is 0 Å². The molecule has 0 fully saturated rings. The van der Waals surface area contributed by atoms with Gasteiger partial charge in [-0.15, -0.1) is 0 Å². The molecule has 0 aliphatic rings. The quantitative estimate of drug-likeness (QED) is 0.874. The van der Waals surface area contributed by atoms with Crippen LogP contribution in [0, 0.1) is 0 Å². The first-order valence-electron chi connectivity index (χ1n) is 6.59. The lowest BCUT2D eigenvalue weighted by atomic mass is 10.1. The maximum atomic E-state index is 12.0.